The van der Waals surface area contributed by atoms with E-state index in [1.165, 1.54) is 50.5 Å². The number of rotatable bonds is 0. The fourth-order valence-corrected chi connectivity index (χ4v) is 7.80. The van der Waals surface area contributed by atoms with Crippen LogP contribution < -0.4 is 0 Å². The van der Waals surface area contributed by atoms with E-state index in [-0.39, 0.29) is 6.10 Å². The largest absolute Gasteiger partial charge is 0.393 e. The van der Waals surface area contributed by atoms with Crippen molar-refractivity contribution in [3.05, 3.63) is 12.2 Å². The summed E-state index contributed by atoms with van der Waals surface area (Å²) in [5, 5.41) is 11.0. The monoisotopic (exact) mass is 288 g/mol. The molecule has 0 amide bonds. The van der Waals surface area contributed by atoms with E-state index in [4.69, 9.17) is 0 Å². The molecule has 1 N–H and O–H groups in total. The van der Waals surface area contributed by atoms with Crippen LogP contribution in [0.2, 0.25) is 0 Å². The van der Waals surface area contributed by atoms with Gasteiger partial charge in [0.15, 0.2) is 0 Å². The number of aliphatic hydroxyl groups is 1. The molecule has 4 saturated carbocycles. The van der Waals surface area contributed by atoms with Crippen LogP contribution in [-0.4, -0.2) is 11.2 Å². The van der Waals surface area contributed by atoms with Gasteiger partial charge >= 0.3 is 0 Å². The number of allylic oxidation sites excluding steroid dienone is 1. The van der Waals surface area contributed by atoms with E-state index in [1.54, 1.807) is 0 Å². The number of hydrogen-bond acceptors (Lipinski definition) is 1. The first-order valence-electron chi connectivity index (χ1n) is 9.14. The third kappa shape index (κ3) is 1.73. The van der Waals surface area contributed by atoms with Gasteiger partial charge in [-0.05, 0) is 78.9 Å². The molecule has 4 fully saturated rings. The standard InChI is InChI=1S/C20H32O/c1-13-11-20-9-6-16-18(2,3)7-5-8-19(16,4)17(20)15(21)10-14(13)12-20/h14-17,21H,1,5-12H2,2-4H3/t14-,15-,16-,17+,19-,20-/m1/s1. The van der Waals surface area contributed by atoms with Gasteiger partial charge in [-0.1, -0.05) is 39.3 Å². The lowest BCUT2D eigenvalue weighted by molar-refractivity contribution is -0.184. The van der Waals surface area contributed by atoms with Gasteiger partial charge in [-0.3, -0.25) is 0 Å². The molecule has 1 heteroatoms. The number of fused-ring (bicyclic) bond motifs is 3. The summed E-state index contributed by atoms with van der Waals surface area (Å²) in [5.41, 5.74) is 2.67. The first kappa shape index (κ1) is 14.3. The zero-order chi connectivity index (χ0) is 15.0. The van der Waals surface area contributed by atoms with Gasteiger partial charge in [0.2, 0.25) is 0 Å². The molecule has 0 aliphatic heterocycles. The Hall–Kier alpha value is -0.300. The Morgan fingerprint density at radius 1 is 1.14 bits per heavy atom. The summed E-state index contributed by atoms with van der Waals surface area (Å²) in [6.45, 7) is 11.9. The Kier molecular flexibility index (Phi) is 2.83. The summed E-state index contributed by atoms with van der Waals surface area (Å²) in [7, 11) is 0. The van der Waals surface area contributed by atoms with Gasteiger partial charge in [-0.2, -0.15) is 0 Å². The van der Waals surface area contributed by atoms with Crippen molar-refractivity contribution in [2.24, 2.45) is 34.0 Å². The lowest BCUT2D eigenvalue weighted by Gasteiger charge is -2.64. The maximum Gasteiger partial charge on any atom is 0.0584 e. The summed E-state index contributed by atoms with van der Waals surface area (Å²) in [4.78, 5) is 0. The van der Waals surface area contributed by atoms with Crippen molar-refractivity contribution < 1.29 is 5.11 Å². The smallest absolute Gasteiger partial charge is 0.0584 e. The highest BCUT2D eigenvalue weighted by Crippen LogP contribution is 2.71. The van der Waals surface area contributed by atoms with Crippen molar-refractivity contribution in [2.45, 2.75) is 78.2 Å². The molecule has 0 aromatic rings. The molecule has 118 valence electrons. The van der Waals surface area contributed by atoms with Crippen molar-refractivity contribution in [2.75, 3.05) is 0 Å². The van der Waals surface area contributed by atoms with Crippen LogP contribution in [0.25, 0.3) is 0 Å². The maximum absolute atomic E-state index is 11.0. The molecule has 0 heterocycles. The lowest BCUT2D eigenvalue weighted by Crippen LogP contribution is -2.59. The molecule has 4 aliphatic rings. The molecule has 1 spiro atoms. The van der Waals surface area contributed by atoms with Crippen LogP contribution >= 0.6 is 0 Å². The second-order valence-electron chi connectivity index (χ2n) is 9.82. The van der Waals surface area contributed by atoms with Crippen LogP contribution in [0.1, 0.15) is 72.1 Å². The molecule has 0 saturated heterocycles. The second-order valence-corrected chi connectivity index (χ2v) is 9.82. The van der Waals surface area contributed by atoms with Crippen LogP contribution in [-0.2, 0) is 0 Å². The van der Waals surface area contributed by atoms with Gasteiger partial charge < -0.3 is 5.11 Å². The van der Waals surface area contributed by atoms with Crippen LogP contribution in [0.15, 0.2) is 12.2 Å². The average Bonchev–Trinajstić information content (AvgIpc) is 2.58. The molecule has 4 rings (SSSR count). The summed E-state index contributed by atoms with van der Waals surface area (Å²) >= 11 is 0. The fourth-order valence-electron chi connectivity index (χ4n) is 7.80. The molecule has 21 heavy (non-hydrogen) atoms. The van der Waals surface area contributed by atoms with Gasteiger partial charge in [0.25, 0.3) is 0 Å². The van der Waals surface area contributed by atoms with E-state index < -0.39 is 0 Å². The molecule has 1 nitrogen and oxygen atoms in total. The number of aliphatic hydroxyl groups excluding tert-OH is 1. The molecular weight excluding hydrogens is 256 g/mol. The topological polar surface area (TPSA) is 20.2 Å². The summed E-state index contributed by atoms with van der Waals surface area (Å²) in [6.07, 6.45) is 10.2. The second kappa shape index (κ2) is 4.16. The van der Waals surface area contributed by atoms with Crippen molar-refractivity contribution in [3.63, 3.8) is 0 Å². The third-order valence-electron chi connectivity index (χ3n) is 8.30. The van der Waals surface area contributed by atoms with Crippen LogP contribution in [0.3, 0.4) is 0 Å². The van der Waals surface area contributed by atoms with E-state index in [9.17, 15) is 5.11 Å². The summed E-state index contributed by atoms with van der Waals surface area (Å²) < 4.78 is 0. The van der Waals surface area contributed by atoms with E-state index in [0.29, 0.717) is 28.1 Å². The molecular formula is C20H32O. The Morgan fingerprint density at radius 3 is 2.67 bits per heavy atom. The maximum atomic E-state index is 11.0. The first-order chi connectivity index (χ1) is 9.79. The highest BCUT2D eigenvalue weighted by Gasteiger charge is 2.65. The highest BCUT2D eigenvalue weighted by atomic mass is 16.3. The Balaban J connectivity index is 1.78. The van der Waals surface area contributed by atoms with Crippen molar-refractivity contribution in [3.8, 4) is 0 Å². The fraction of sp³-hybridized carbons (Fsp3) is 0.900. The zero-order valence-electron chi connectivity index (χ0n) is 14.1. The van der Waals surface area contributed by atoms with E-state index in [1.807, 2.05) is 0 Å². The van der Waals surface area contributed by atoms with Crippen LogP contribution in [0.4, 0.5) is 0 Å². The Labute approximate surface area is 130 Å². The average molecular weight is 288 g/mol. The molecule has 2 bridgehead atoms. The molecule has 0 aromatic carbocycles. The SMILES string of the molecule is C=C1C[C@@]23CC[C@@H]4C(C)(C)CCC[C@@]4(C)[C@@H]2[C@H](O)C[C@@H]1C3. The van der Waals surface area contributed by atoms with Crippen molar-refractivity contribution in [1.82, 2.24) is 0 Å². The summed E-state index contributed by atoms with van der Waals surface area (Å²) in [5.74, 6) is 1.95. The highest BCUT2D eigenvalue weighted by molar-refractivity contribution is 5.23. The van der Waals surface area contributed by atoms with E-state index >= 15 is 0 Å². The van der Waals surface area contributed by atoms with Gasteiger partial charge in [0.05, 0.1) is 6.10 Å². The van der Waals surface area contributed by atoms with E-state index in [0.717, 1.165) is 12.3 Å². The Morgan fingerprint density at radius 2 is 1.90 bits per heavy atom. The predicted molar refractivity (Wildman–Crippen MR) is 86.9 cm³/mol. The van der Waals surface area contributed by atoms with Crippen molar-refractivity contribution >= 4 is 0 Å². The minimum atomic E-state index is -0.0790. The number of hydrogen-bond donors (Lipinski definition) is 1. The van der Waals surface area contributed by atoms with Crippen LogP contribution in [0, 0.1) is 34.0 Å². The minimum absolute atomic E-state index is 0.0790. The molecule has 0 radical (unpaired) electrons. The van der Waals surface area contributed by atoms with Gasteiger partial charge in [-0.15, -0.1) is 0 Å². The molecule has 0 aromatic heterocycles. The first-order valence-corrected chi connectivity index (χ1v) is 9.14. The van der Waals surface area contributed by atoms with E-state index in [2.05, 4.69) is 27.4 Å². The zero-order valence-corrected chi connectivity index (χ0v) is 14.1. The normalized spacial score (nSPS) is 55.0. The van der Waals surface area contributed by atoms with Crippen molar-refractivity contribution in [1.29, 1.82) is 0 Å². The van der Waals surface area contributed by atoms with Crippen LogP contribution in [0.5, 0.6) is 0 Å². The quantitative estimate of drug-likeness (QED) is 0.626. The van der Waals surface area contributed by atoms with Gasteiger partial charge in [0, 0.05) is 0 Å². The lowest BCUT2D eigenvalue weighted by atomic mass is 9.41. The van der Waals surface area contributed by atoms with Gasteiger partial charge in [0.1, 0.15) is 0 Å². The third-order valence-corrected chi connectivity index (χ3v) is 8.30. The predicted octanol–water partition coefficient (Wildman–Crippen LogP) is 4.95. The Bertz CT molecular complexity index is 478. The molecule has 0 unspecified atom stereocenters. The van der Waals surface area contributed by atoms with Gasteiger partial charge in [-0.25, -0.2) is 0 Å². The molecule has 4 aliphatic carbocycles. The summed E-state index contributed by atoms with van der Waals surface area (Å²) in [6, 6.07) is 0. The minimum Gasteiger partial charge on any atom is -0.393 e. The molecule has 6 atom stereocenters.